The molecule has 0 aromatic heterocycles. The van der Waals surface area contributed by atoms with Crippen LogP contribution in [0.2, 0.25) is 0 Å². The Morgan fingerprint density at radius 2 is 1.68 bits per heavy atom. The van der Waals surface area contributed by atoms with Gasteiger partial charge in [-0.2, -0.15) is 0 Å². The molecule has 0 bridgehead atoms. The summed E-state index contributed by atoms with van der Waals surface area (Å²) in [7, 11) is 0. The molecule has 2 amide bonds. The number of rotatable bonds is 7. The highest BCUT2D eigenvalue weighted by atomic mass is 16.7. The quantitative estimate of drug-likeness (QED) is 0.515. The molecule has 1 aliphatic heterocycles. The molecule has 0 unspecified atom stereocenters. The van der Waals surface area contributed by atoms with E-state index in [0.29, 0.717) is 36.7 Å². The van der Waals surface area contributed by atoms with Gasteiger partial charge in [0, 0.05) is 31.1 Å². The number of carbonyl (C=O) groups excluding carboxylic acids is 3. The first-order valence-corrected chi connectivity index (χ1v) is 11.6. The molecule has 1 heterocycles. The first-order valence-electron chi connectivity index (χ1n) is 11.6. The number of hydrogen-bond acceptors (Lipinski definition) is 5. The maximum atomic E-state index is 12.7. The van der Waals surface area contributed by atoms with Gasteiger partial charge in [-0.3, -0.25) is 9.59 Å². The fourth-order valence-electron chi connectivity index (χ4n) is 4.43. The van der Waals surface area contributed by atoms with Gasteiger partial charge in [0.15, 0.2) is 0 Å². The molecule has 1 aromatic rings. The number of carbonyl (C=O) groups is 3. The maximum Gasteiger partial charge on any atom is 0.513 e. The Kier molecular flexibility index (Phi) is 8.74. The molecule has 0 radical (unpaired) electrons. The first-order chi connectivity index (χ1) is 15.0. The fraction of sp³-hybridized carbons (Fsp3) is 0.625. The molecule has 31 heavy (non-hydrogen) atoms. The van der Waals surface area contributed by atoms with Crippen LogP contribution >= 0.6 is 0 Å². The summed E-state index contributed by atoms with van der Waals surface area (Å²) in [4.78, 5) is 38.2. The monoisotopic (exact) mass is 430 g/mol. The van der Waals surface area contributed by atoms with E-state index in [4.69, 9.17) is 9.47 Å². The van der Waals surface area contributed by atoms with Gasteiger partial charge in [0.05, 0.1) is 6.61 Å². The molecule has 1 saturated carbocycles. The molecule has 2 fully saturated rings. The summed E-state index contributed by atoms with van der Waals surface area (Å²) < 4.78 is 9.75. The van der Waals surface area contributed by atoms with Crippen LogP contribution in [-0.2, 0) is 9.53 Å². The zero-order valence-corrected chi connectivity index (χ0v) is 18.4. The number of hydrogen-bond donors (Lipinski definition) is 1. The molecule has 7 nitrogen and oxygen atoms in total. The van der Waals surface area contributed by atoms with Crippen molar-refractivity contribution in [3.63, 3.8) is 0 Å². The Morgan fingerprint density at radius 3 is 2.32 bits per heavy atom. The van der Waals surface area contributed by atoms with E-state index >= 15 is 0 Å². The summed E-state index contributed by atoms with van der Waals surface area (Å²) in [6, 6.07) is 6.61. The molecule has 3 rings (SSSR count). The molecule has 0 atom stereocenters. The van der Waals surface area contributed by atoms with Crippen LogP contribution in [0.3, 0.4) is 0 Å². The third kappa shape index (κ3) is 7.26. The number of nitrogens with zero attached hydrogens (tertiary/aromatic N) is 1. The molecule has 1 saturated heterocycles. The van der Waals surface area contributed by atoms with Gasteiger partial charge in [0.25, 0.3) is 5.91 Å². The Bertz CT molecular complexity index is 735. The van der Waals surface area contributed by atoms with Crippen molar-refractivity contribution in [3.8, 4) is 5.75 Å². The van der Waals surface area contributed by atoms with Crippen molar-refractivity contribution in [1.82, 2.24) is 10.2 Å². The van der Waals surface area contributed by atoms with Crippen molar-refractivity contribution in [1.29, 1.82) is 0 Å². The lowest BCUT2D eigenvalue weighted by Gasteiger charge is -2.32. The highest BCUT2D eigenvalue weighted by molar-refractivity contribution is 5.94. The number of benzene rings is 1. The molecule has 1 N–H and O–H groups in total. The second-order valence-electron chi connectivity index (χ2n) is 8.49. The standard InChI is InChI=1S/C24H34N2O5/c1-2-30-24(29)31-21-11-9-19(10-12-21)23(28)26-16-14-20(15-17-26)25-22(27)13-8-18-6-4-3-5-7-18/h9-12,18,20H,2-8,13-17H2,1H3,(H,25,27). The minimum atomic E-state index is -0.760. The maximum absolute atomic E-state index is 12.7. The average molecular weight is 431 g/mol. The largest absolute Gasteiger partial charge is 0.513 e. The van der Waals surface area contributed by atoms with E-state index in [1.165, 1.54) is 32.1 Å². The number of ether oxygens (including phenoxy) is 2. The van der Waals surface area contributed by atoms with Gasteiger partial charge >= 0.3 is 6.16 Å². The summed E-state index contributed by atoms with van der Waals surface area (Å²) >= 11 is 0. The van der Waals surface area contributed by atoms with Crippen molar-refractivity contribution in [3.05, 3.63) is 29.8 Å². The highest BCUT2D eigenvalue weighted by Crippen LogP contribution is 2.27. The zero-order valence-electron chi connectivity index (χ0n) is 18.4. The molecule has 7 heteroatoms. The summed E-state index contributed by atoms with van der Waals surface area (Å²) in [6.45, 7) is 3.18. The van der Waals surface area contributed by atoms with Gasteiger partial charge in [-0.05, 0) is 56.4 Å². The Labute approximate surface area is 184 Å². The predicted octanol–water partition coefficient (Wildman–Crippen LogP) is 4.30. The average Bonchev–Trinajstić information content (AvgIpc) is 2.79. The second-order valence-corrected chi connectivity index (χ2v) is 8.49. The summed E-state index contributed by atoms with van der Waals surface area (Å²) in [5, 5.41) is 3.16. The molecular weight excluding hydrogens is 396 g/mol. The van der Waals surface area contributed by atoms with Gasteiger partial charge in [0.2, 0.25) is 5.91 Å². The number of piperidine rings is 1. The molecule has 0 spiro atoms. The van der Waals surface area contributed by atoms with Gasteiger partial charge in [-0.1, -0.05) is 32.1 Å². The van der Waals surface area contributed by atoms with Crippen LogP contribution in [0.4, 0.5) is 4.79 Å². The van der Waals surface area contributed by atoms with E-state index < -0.39 is 6.16 Å². The van der Waals surface area contributed by atoms with Gasteiger partial charge < -0.3 is 19.7 Å². The summed E-state index contributed by atoms with van der Waals surface area (Å²) in [6.07, 6.45) is 8.88. The van der Waals surface area contributed by atoms with Crippen molar-refractivity contribution in [2.24, 2.45) is 5.92 Å². The fourth-order valence-corrected chi connectivity index (χ4v) is 4.43. The van der Waals surface area contributed by atoms with Gasteiger partial charge in [-0.15, -0.1) is 0 Å². The van der Waals surface area contributed by atoms with E-state index in [1.54, 1.807) is 31.2 Å². The van der Waals surface area contributed by atoms with Gasteiger partial charge in [0.1, 0.15) is 5.75 Å². The normalized spacial score (nSPS) is 17.8. The van der Waals surface area contributed by atoms with E-state index in [0.717, 1.165) is 19.3 Å². The second kappa shape index (κ2) is 11.7. The van der Waals surface area contributed by atoms with Crippen LogP contribution in [0.1, 0.15) is 75.1 Å². The van der Waals surface area contributed by atoms with Crippen molar-refractivity contribution < 1.29 is 23.9 Å². The molecule has 1 aliphatic carbocycles. The van der Waals surface area contributed by atoms with Gasteiger partial charge in [-0.25, -0.2) is 4.79 Å². The lowest BCUT2D eigenvalue weighted by Crippen LogP contribution is -2.46. The smallest absolute Gasteiger partial charge is 0.434 e. The minimum absolute atomic E-state index is 0.0511. The number of likely N-dealkylation sites (tertiary alicyclic amines) is 1. The predicted molar refractivity (Wildman–Crippen MR) is 117 cm³/mol. The van der Waals surface area contributed by atoms with Crippen LogP contribution in [0.15, 0.2) is 24.3 Å². The lowest BCUT2D eigenvalue weighted by molar-refractivity contribution is -0.122. The van der Waals surface area contributed by atoms with Crippen molar-refractivity contribution in [2.45, 2.75) is 70.8 Å². The van der Waals surface area contributed by atoms with Crippen LogP contribution in [0, 0.1) is 5.92 Å². The van der Waals surface area contributed by atoms with Crippen LogP contribution < -0.4 is 10.1 Å². The molecule has 170 valence electrons. The van der Waals surface area contributed by atoms with E-state index in [1.807, 2.05) is 4.90 Å². The van der Waals surface area contributed by atoms with Crippen molar-refractivity contribution >= 4 is 18.0 Å². The Balaban J connectivity index is 1.39. The molecule has 2 aliphatic rings. The number of nitrogens with one attached hydrogen (secondary N) is 1. The van der Waals surface area contributed by atoms with E-state index in [9.17, 15) is 14.4 Å². The number of amides is 2. The lowest BCUT2D eigenvalue weighted by atomic mass is 9.86. The molecule has 1 aromatic carbocycles. The Morgan fingerprint density at radius 1 is 1.00 bits per heavy atom. The third-order valence-electron chi connectivity index (χ3n) is 6.22. The summed E-state index contributed by atoms with van der Waals surface area (Å²) in [5.74, 6) is 1.15. The minimum Gasteiger partial charge on any atom is -0.434 e. The van der Waals surface area contributed by atoms with Crippen molar-refractivity contribution in [2.75, 3.05) is 19.7 Å². The topological polar surface area (TPSA) is 84.9 Å². The molecular formula is C24H34N2O5. The summed E-state index contributed by atoms with van der Waals surface area (Å²) in [5.41, 5.74) is 0.547. The van der Waals surface area contributed by atoms with E-state index in [2.05, 4.69) is 5.32 Å². The van der Waals surface area contributed by atoms with E-state index in [-0.39, 0.29) is 24.5 Å². The first kappa shape index (κ1) is 23.1. The zero-order chi connectivity index (χ0) is 22.1. The van der Waals surface area contributed by atoms with Crippen LogP contribution in [-0.4, -0.2) is 48.6 Å². The highest BCUT2D eigenvalue weighted by Gasteiger charge is 2.25. The third-order valence-corrected chi connectivity index (χ3v) is 6.22. The van der Waals surface area contributed by atoms with Crippen LogP contribution in [0.25, 0.3) is 0 Å². The SMILES string of the molecule is CCOC(=O)Oc1ccc(C(=O)N2CCC(NC(=O)CCC3CCCCC3)CC2)cc1. The van der Waals surface area contributed by atoms with Crippen LogP contribution in [0.5, 0.6) is 5.75 Å². The Hall–Kier alpha value is -2.57.